The van der Waals surface area contributed by atoms with E-state index in [2.05, 4.69) is 15.3 Å². The molecule has 0 fully saturated rings. The summed E-state index contributed by atoms with van der Waals surface area (Å²) in [5.74, 6) is 0.257. The van der Waals surface area contributed by atoms with Crippen LogP contribution >= 0.6 is 0 Å². The molecule has 0 amide bonds. The first kappa shape index (κ1) is 13.8. The molecule has 5 heteroatoms. The highest BCUT2D eigenvalue weighted by atomic mass is 16.4. The van der Waals surface area contributed by atoms with Gasteiger partial charge in [-0.05, 0) is 24.3 Å². The zero-order valence-corrected chi connectivity index (χ0v) is 11.6. The molecule has 0 bridgehead atoms. The fraction of sp³-hybridized carbons (Fsp3) is 0. The quantitative estimate of drug-likeness (QED) is 0.768. The highest BCUT2D eigenvalue weighted by Gasteiger charge is 2.05. The maximum atomic E-state index is 11.0. The zero-order chi connectivity index (χ0) is 15.4. The minimum atomic E-state index is -0.962. The Morgan fingerprint density at radius 3 is 2.59 bits per heavy atom. The molecule has 0 aliphatic heterocycles. The number of benzene rings is 2. The van der Waals surface area contributed by atoms with Crippen LogP contribution in [0.25, 0.3) is 11.4 Å². The van der Waals surface area contributed by atoms with E-state index in [0.717, 1.165) is 5.56 Å². The number of nitrogens with zero attached hydrogens (tertiary/aromatic N) is 2. The first-order valence-corrected chi connectivity index (χ1v) is 6.71. The van der Waals surface area contributed by atoms with E-state index in [9.17, 15) is 4.79 Å². The van der Waals surface area contributed by atoms with E-state index in [-0.39, 0.29) is 5.56 Å². The van der Waals surface area contributed by atoms with Crippen molar-refractivity contribution in [1.29, 1.82) is 0 Å². The monoisotopic (exact) mass is 291 g/mol. The van der Waals surface area contributed by atoms with E-state index in [1.165, 1.54) is 0 Å². The summed E-state index contributed by atoms with van der Waals surface area (Å²) >= 11 is 0. The van der Waals surface area contributed by atoms with Gasteiger partial charge in [0.05, 0.1) is 5.56 Å². The Hall–Kier alpha value is -3.21. The van der Waals surface area contributed by atoms with Crippen molar-refractivity contribution in [2.45, 2.75) is 0 Å². The number of nitrogens with one attached hydrogen (secondary N) is 1. The van der Waals surface area contributed by atoms with Gasteiger partial charge in [0.25, 0.3) is 0 Å². The lowest BCUT2D eigenvalue weighted by molar-refractivity contribution is 0.0697. The Kier molecular flexibility index (Phi) is 3.78. The topological polar surface area (TPSA) is 75.1 Å². The predicted octanol–water partition coefficient (Wildman–Crippen LogP) is 3.59. The molecule has 0 saturated carbocycles. The Morgan fingerprint density at radius 2 is 1.82 bits per heavy atom. The molecule has 0 unspecified atom stereocenters. The first-order valence-electron chi connectivity index (χ1n) is 6.71. The number of hydrogen-bond acceptors (Lipinski definition) is 4. The molecule has 3 rings (SSSR count). The van der Waals surface area contributed by atoms with E-state index < -0.39 is 5.97 Å². The molecule has 0 atom stereocenters. The van der Waals surface area contributed by atoms with Crippen LogP contribution in [0.2, 0.25) is 0 Å². The molecule has 1 aromatic heterocycles. The minimum Gasteiger partial charge on any atom is -0.478 e. The second-order valence-electron chi connectivity index (χ2n) is 4.64. The number of carboxylic acids is 1. The van der Waals surface area contributed by atoms with Crippen molar-refractivity contribution < 1.29 is 9.90 Å². The number of carbonyl (C=O) groups is 1. The number of carboxylic acid groups (broad SMARTS) is 1. The van der Waals surface area contributed by atoms with Gasteiger partial charge in [-0.15, -0.1) is 0 Å². The lowest BCUT2D eigenvalue weighted by atomic mass is 10.2. The van der Waals surface area contributed by atoms with E-state index in [1.54, 1.807) is 36.5 Å². The molecule has 0 spiro atoms. The van der Waals surface area contributed by atoms with Crippen molar-refractivity contribution in [3.63, 3.8) is 0 Å². The van der Waals surface area contributed by atoms with E-state index in [1.807, 2.05) is 30.3 Å². The van der Waals surface area contributed by atoms with Crippen molar-refractivity contribution >= 4 is 17.5 Å². The van der Waals surface area contributed by atoms with Gasteiger partial charge in [-0.2, -0.15) is 0 Å². The molecule has 2 N–H and O–H groups in total. The molecule has 108 valence electrons. The third-order valence-electron chi connectivity index (χ3n) is 3.07. The Morgan fingerprint density at radius 1 is 1.00 bits per heavy atom. The summed E-state index contributed by atoms with van der Waals surface area (Å²) in [4.78, 5) is 19.7. The molecular formula is C17H13N3O2. The second-order valence-corrected chi connectivity index (χ2v) is 4.64. The SMILES string of the molecule is O=C(O)c1cccc(Nc2ccnc(-c3ccccc3)n2)c1. The summed E-state index contributed by atoms with van der Waals surface area (Å²) in [6.07, 6.45) is 1.67. The summed E-state index contributed by atoms with van der Waals surface area (Å²) < 4.78 is 0. The normalized spacial score (nSPS) is 10.2. The average molecular weight is 291 g/mol. The summed E-state index contributed by atoms with van der Waals surface area (Å²) in [5.41, 5.74) is 1.81. The largest absolute Gasteiger partial charge is 0.478 e. The highest BCUT2D eigenvalue weighted by molar-refractivity contribution is 5.89. The van der Waals surface area contributed by atoms with E-state index in [0.29, 0.717) is 17.3 Å². The number of anilines is 2. The van der Waals surface area contributed by atoms with Crippen LogP contribution in [0.15, 0.2) is 66.9 Å². The lowest BCUT2D eigenvalue weighted by Gasteiger charge is -2.07. The van der Waals surface area contributed by atoms with Crippen molar-refractivity contribution in [2.24, 2.45) is 0 Å². The fourth-order valence-electron chi connectivity index (χ4n) is 2.03. The maximum absolute atomic E-state index is 11.0. The number of aromatic nitrogens is 2. The third-order valence-corrected chi connectivity index (χ3v) is 3.07. The summed E-state index contributed by atoms with van der Waals surface area (Å²) in [5, 5.41) is 12.1. The van der Waals surface area contributed by atoms with Crippen molar-refractivity contribution in [3.05, 3.63) is 72.4 Å². The smallest absolute Gasteiger partial charge is 0.335 e. The van der Waals surface area contributed by atoms with Crippen LogP contribution in [0.1, 0.15) is 10.4 Å². The molecule has 3 aromatic rings. The molecular weight excluding hydrogens is 278 g/mol. The van der Waals surface area contributed by atoms with Crippen molar-refractivity contribution in [2.75, 3.05) is 5.32 Å². The Balaban J connectivity index is 1.87. The fourth-order valence-corrected chi connectivity index (χ4v) is 2.03. The molecule has 0 aliphatic carbocycles. The molecule has 0 aliphatic rings. The standard InChI is InChI=1S/C17H13N3O2/c21-17(22)13-7-4-8-14(11-13)19-15-9-10-18-16(20-15)12-5-2-1-3-6-12/h1-11H,(H,21,22)(H,18,19,20). The summed E-state index contributed by atoms with van der Waals surface area (Å²) in [7, 11) is 0. The van der Waals surface area contributed by atoms with Gasteiger partial charge >= 0.3 is 5.97 Å². The first-order chi connectivity index (χ1) is 10.7. The number of aromatic carboxylic acids is 1. The minimum absolute atomic E-state index is 0.224. The van der Waals surface area contributed by atoms with Crippen molar-refractivity contribution in [1.82, 2.24) is 9.97 Å². The molecule has 22 heavy (non-hydrogen) atoms. The van der Waals surface area contributed by atoms with Gasteiger partial charge in [0.15, 0.2) is 5.82 Å². The van der Waals surface area contributed by atoms with Gasteiger partial charge in [0.1, 0.15) is 5.82 Å². The van der Waals surface area contributed by atoms with Crippen LogP contribution in [-0.4, -0.2) is 21.0 Å². The van der Waals surface area contributed by atoms with E-state index >= 15 is 0 Å². The average Bonchev–Trinajstić information content (AvgIpc) is 2.56. The van der Waals surface area contributed by atoms with Gasteiger partial charge in [-0.1, -0.05) is 36.4 Å². The molecule has 2 aromatic carbocycles. The van der Waals surface area contributed by atoms with Crippen LogP contribution in [0, 0.1) is 0 Å². The van der Waals surface area contributed by atoms with Crippen molar-refractivity contribution in [3.8, 4) is 11.4 Å². The van der Waals surface area contributed by atoms with Crippen LogP contribution < -0.4 is 5.32 Å². The third kappa shape index (κ3) is 3.09. The van der Waals surface area contributed by atoms with Gasteiger partial charge in [0.2, 0.25) is 0 Å². The summed E-state index contributed by atoms with van der Waals surface area (Å²) in [6, 6.07) is 18.0. The van der Waals surface area contributed by atoms with Gasteiger partial charge in [0, 0.05) is 17.4 Å². The Bertz CT molecular complexity index is 804. The van der Waals surface area contributed by atoms with Gasteiger partial charge in [-0.3, -0.25) is 0 Å². The van der Waals surface area contributed by atoms with Crippen LogP contribution in [0.4, 0.5) is 11.5 Å². The lowest BCUT2D eigenvalue weighted by Crippen LogP contribution is -1.99. The second kappa shape index (κ2) is 6.05. The predicted molar refractivity (Wildman–Crippen MR) is 84.2 cm³/mol. The van der Waals surface area contributed by atoms with Crippen LogP contribution in [0.5, 0.6) is 0 Å². The van der Waals surface area contributed by atoms with Crippen LogP contribution in [-0.2, 0) is 0 Å². The number of hydrogen-bond donors (Lipinski definition) is 2. The van der Waals surface area contributed by atoms with Gasteiger partial charge < -0.3 is 10.4 Å². The Labute approximate surface area is 127 Å². The molecule has 0 saturated heterocycles. The highest BCUT2D eigenvalue weighted by Crippen LogP contribution is 2.19. The molecule has 0 radical (unpaired) electrons. The van der Waals surface area contributed by atoms with E-state index in [4.69, 9.17) is 5.11 Å². The zero-order valence-electron chi connectivity index (χ0n) is 11.6. The van der Waals surface area contributed by atoms with Crippen LogP contribution in [0.3, 0.4) is 0 Å². The summed E-state index contributed by atoms with van der Waals surface area (Å²) in [6.45, 7) is 0. The van der Waals surface area contributed by atoms with Gasteiger partial charge in [-0.25, -0.2) is 14.8 Å². The molecule has 5 nitrogen and oxygen atoms in total. The number of rotatable bonds is 4. The molecule has 1 heterocycles. The maximum Gasteiger partial charge on any atom is 0.335 e.